The molecule has 2 heterocycles. The highest BCUT2D eigenvalue weighted by atomic mass is 32.1. The van der Waals surface area contributed by atoms with Crippen LogP contribution in [0.3, 0.4) is 0 Å². The van der Waals surface area contributed by atoms with Gasteiger partial charge in [0.25, 0.3) is 0 Å². The second-order valence-corrected chi connectivity index (χ2v) is 5.78. The summed E-state index contributed by atoms with van der Waals surface area (Å²) >= 11 is 1.55. The molecule has 0 saturated heterocycles. The number of hydrogen-bond acceptors (Lipinski definition) is 3. The van der Waals surface area contributed by atoms with Crippen LogP contribution in [-0.4, -0.2) is 15.5 Å². The number of aromatic nitrogens is 2. The van der Waals surface area contributed by atoms with E-state index in [0.717, 1.165) is 10.4 Å². The smallest absolute Gasteiger partial charge is 0.240 e. The van der Waals surface area contributed by atoms with Crippen LogP contribution in [0, 0.1) is 5.82 Å². The minimum absolute atomic E-state index is 0.124. The molecule has 1 amide bonds. The number of imidazole rings is 1. The molecule has 1 aromatic carbocycles. The Kier molecular flexibility index (Phi) is 4.29. The van der Waals surface area contributed by atoms with E-state index in [1.807, 2.05) is 17.5 Å². The van der Waals surface area contributed by atoms with Gasteiger partial charge in [0.15, 0.2) is 0 Å². The molecule has 112 valence electrons. The fourth-order valence-electron chi connectivity index (χ4n) is 2.18. The van der Waals surface area contributed by atoms with E-state index in [1.165, 1.54) is 12.1 Å². The van der Waals surface area contributed by atoms with Gasteiger partial charge in [-0.25, -0.2) is 9.37 Å². The Morgan fingerprint density at radius 1 is 1.32 bits per heavy atom. The van der Waals surface area contributed by atoms with Crippen LogP contribution in [0.2, 0.25) is 0 Å². The molecule has 0 radical (unpaired) electrons. The molecule has 0 aliphatic carbocycles. The van der Waals surface area contributed by atoms with Gasteiger partial charge in [0.05, 0.1) is 12.4 Å². The predicted molar refractivity (Wildman–Crippen MR) is 82.9 cm³/mol. The van der Waals surface area contributed by atoms with Crippen LogP contribution in [0.4, 0.5) is 4.39 Å². The molecule has 1 atom stereocenters. The zero-order valence-corrected chi connectivity index (χ0v) is 12.5. The molecule has 1 N–H and O–H groups in total. The fraction of sp³-hybridized carbons (Fsp3) is 0.125. The Labute approximate surface area is 131 Å². The fourth-order valence-corrected chi connectivity index (χ4v) is 2.98. The Balaban J connectivity index is 1.80. The number of nitrogens with zero attached hydrogens (tertiary/aromatic N) is 2. The van der Waals surface area contributed by atoms with Crippen molar-refractivity contribution in [2.24, 2.45) is 0 Å². The van der Waals surface area contributed by atoms with Gasteiger partial charge in [-0.2, -0.15) is 0 Å². The summed E-state index contributed by atoms with van der Waals surface area (Å²) in [4.78, 5) is 17.1. The van der Waals surface area contributed by atoms with E-state index in [0.29, 0.717) is 0 Å². The molecule has 2 aromatic heterocycles. The Hall–Kier alpha value is -2.47. The number of carbonyl (C=O) groups excluding carboxylic acids is 1. The molecule has 0 aliphatic rings. The molecular weight excluding hydrogens is 301 g/mol. The van der Waals surface area contributed by atoms with Gasteiger partial charge in [-0.1, -0.05) is 18.2 Å². The second kappa shape index (κ2) is 6.53. The maximum absolute atomic E-state index is 13.1. The van der Waals surface area contributed by atoms with Crippen molar-refractivity contribution in [2.45, 2.75) is 12.6 Å². The summed E-state index contributed by atoms with van der Waals surface area (Å²) in [6.45, 7) is 0.197. The summed E-state index contributed by atoms with van der Waals surface area (Å²) in [7, 11) is 0. The first-order valence-electron chi connectivity index (χ1n) is 6.76. The Bertz CT molecular complexity index is 723. The van der Waals surface area contributed by atoms with Crippen molar-refractivity contribution in [3.05, 3.63) is 76.8 Å². The van der Waals surface area contributed by atoms with E-state index >= 15 is 0 Å². The third kappa shape index (κ3) is 3.40. The van der Waals surface area contributed by atoms with Crippen LogP contribution in [0.25, 0.3) is 0 Å². The molecule has 0 bridgehead atoms. The van der Waals surface area contributed by atoms with E-state index in [1.54, 1.807) is 46.8 Å². The predicted octanol–water partition coefficient (Wildman–Crippen LogP) is 2.99. The minimum Gasteiger partial charge on any atom is -0.343 e. The van der Waals surface area contributed by atoms with Gasteiger partial charge in [-0.3, -0.25) is 4.79 Å². The minimum atomic E-state index is -0.293. The summed E-state index contributed by atoms with van der Waals surface area (Å²) < 4.78 is 14.8. The number of halogens is 1. The van der Waals surface area contributed by atoms with Crippen LogP contribution < -0.4 is 5.32 Å². The lowest BCUT2D eigenvalue weighted by Gasteiger charge is -2.18. The molecule has 3 aromatic rings. The van der Waals surface area contributed by atoms with Gasteiger partial charge in [-0.05, 0) is 29.1 Å². The summed E-state index contributed by atoms with van der Waals surface area (Å²) in [6, 6.07) is 9.79. The molecule has 3 rings (SSSR count). The van der Waals surface area contributed by atoms with Crippen molar-refractivity contribution in [1.29, 1.82) is 0 Å². The number of rotatable bonds is 5. The van der Waals surface area contributed by atoms with E-state index < -0.39 is 0 Å². The van der Waals surface area contributed by atoms with Crippen molar-refractivity contribution in [3.8, 4) is 0 Å². The van der Waals surface area contributed by atoms with Crippen LogP contribution in [0.15, 0.2) is 60.5 Å². The van der Waals surface area contributed by atoms with Crippen molar-refractivity contribution < 1.29 is 9.18 Å². The summed E-state index contributed by atoms with van der Waals surface area (Å²) in [5, 5.41) is 4.95. The molecule has 0 unspecified atom stereocenters. The van der Waals surface area contributed by atoms with Crippen molar-refractivity contribution in [2.75, 3.05) is 0 Å². The largest absolute Gasteiger partial charge is 0.343 e. The number of nitrogens with one attached hydrogen (secondary N) is 1. The number of amides is 1. The second-order valence-electron chi connectivity index (χ2n) is 4.80. The maximum Gasteiger partial charge on any atom is 0.240 e. The van der Waals surface area contributed by atoms with Crippen molar-refractivity contribution >= 4 is 17.2 Å². The van der Waals surface area contributed by atoms with E-state index in [4.69, 9.17) is 0 Å². The van der Waals surface area contributed by atoms with Gasteiger partial charge in [-0.15, -0.1) is 11.3 Å². The van der Waals surface area contributed by atoms with Crippen molar-refractivity contribution in [1.82, 2.24) is 14.9 Å². The normalized spacial score (nSPS) is 12.0. The highest BCUT2D eigenvalue weighted by molar-refractivity contribution is 7.10. The molecule has 4 nitrogen and oxygen atoms in total. The van der Waals surface area contributed by atoms with E-state index in [2.05, 4.69) is 10.3 Å². The Morgan fingerprint density at radius 2 is 2.14 bits per heavy atom. The van der Waals surface area contributed by atoms with Crippen LogP contribution >= 0.6 is 11.3 Å². The highest BCUT2D eigenvalue weighted by Gasteiger charge is 2.18. The number of benzene rings is 1. The summed E-state index contributed by atoms with van der Waals surface area (Å²) in [6.07, 6.45) is 4.96. The molecular formula is C16H14FN3OS. The molecule has 0 spiro atoms. The standard InChI is InChI=1S/C16H14FN3OS/c17-13-5-3-12(4-6-13)16(14-2-1-9-22-14)19-15(21)10-20-8-7-18-11-20/h1-9,11,16H,10H2,(H,19,21)/t16-/m0/s1. The number of hydrogen-bond donors (Lipinski definition) is 1. The lowest BCUT2D eigenvalue weighted by Crippen LogP contribution is -2.31. The highest BCUT2D eigenvalue weighted by Crippen LogP contribution is 2.26. The van der Waals surface area contributed by atoms with Gasteiger partial charge < -0.3 is 9.88 Å². The number of carbonyl (C=O) groups is 1. The van der Waals surface area contributed by atoms with E-state index in [9.17, 15) is 9.18 Å². The van der Waals surface area contributed by atoms with E-state index in [-0.39, 0.29) is 24.3 Å². The van der Waals surface area contributed by atoms with Crippen LogP contribution in [-0.2, 0) is 11.3 Å². The topological polar surface area (TPSA) is 46.9 Å². The van der Waals surface area contributed by atoms with Gasteiger partial charge in [0, 0.05) is 17.3 Å². The third-order valence-electron chi connectivity index (χ3n) is 3.22. The quantitative estimate of drug-likeness (QED) is 0.787. The first-order valence-corrected chi connectivity index (χ1v) is 7.64. The zero-order valence-electron chi connectivity index (χ0n) is 11.6. The lowest BCUT2D eigenvalue weighted by atomic mass is 10.1. The first kappa shape index (κ1) is 14.5. The SMILES string of the molecule is O=C(Cn1ccnc1)N[C@@H](c1ccc(F)cc1)c1cccs1. The molecule has 0 fully saturated rings. The summed E-state index contributed by atoms with van der Waals surface area (Å²) in [5.74, 6) is -0.417. The van der Waals surface area contributed by atoms with Crippen molar-refractivity contribution in [3.63, 3.8) is 0 Å². The Morgan fingerprint density at radius 3 is 2.77 bits per heavy atom. The van der Waals surface area contributed by atoms with Crippen LogP contribution in [0.5, 0.6) is 0 Å². The summed E-state index contributed by atoms with van der Waals surface area (Å²) in [5.41, 5.74) is 0.850. The van der Waals surface area contributed by atoms with Crippen LogP contribution in [0.1, 0.15) is 16.5 Å². The number of thiophene rings is 1. The average molecular weight is 315 g/mol. The third-order valence-corrected chi connectivity index (χ3v) is 4.16. The first-order chi connectivity index (χ1) is 10.7. The molecule has 6 heteroatoms. The van der Waals surface area contributed by atoms with Gasteiger partial charge in [0.1, 0.15) is 12.4 Å². The lowest BCUT2D eigenvalue weighted by molar-refractivity contribution is -0.122. The monoisotopic (exact) mass is 315 g/mol. The van der Waals surface area contributed by atoms with Gasteiger partial charge >= 0.3 is 0 Å². The molecule has 22 heavy (non-hydrogen) atoms. The average Bonchev–Trinajstić information content (AvgIpc) is 3.19. The molecule has 0 saturated carbocycles. The zero-order chi connectivity index (χ0) is 15.4. The van der Waals surface area contributed by atoms with Gasteiger partial charge in [0.2, 0.25) is 5.91 Å². The molecule has 0 aliphatic heterocycles. The maximum atomic E-state index is 13.1.